The molecule has 0 heterocycles. The standard InChI is InChI=1S/C12H22OSi/c1-5-6-7-10-8-9-11(13)12(10)14(2,3)4/h5-9H2,1-4H3. The Kier molecular flexibility index (Phi) is 3.70. The second-order valence-electron chi connectivity index (χ2n) is 5.26. The van der Waals surface area contributed by atoms with E-state index < -0.39 is 8.07 Å². The Bertz CT molecular complexity index is 258. The predicted octanol–water partition coefficient (Wildman–Crippen LogP) is 3.71. The normalized spacial score (nSPS) is 18.1. The second-order valence-corrected chi connectivity index (χ2v) is 10.3. The van der Waals surface area contributed by atoms with Crippen molar-refractivity contribution in [3.8, 4) is 0 Å². The molecule has 0 aliphatic heterocycles. The van der Waals surface area contributed by atoms with Crippen molar-refractivity contribution in [3.05, 3.63) is 10.8 Å². The Balaban J connectivity index is 2.85. The highest BCUT2D eigenvalue weighted by atomic mass is 28.3. The van der Waals surface area contributed by atoms with Gasteiger partial charge in [-0.25, -0.2) is 0 Å². The minimum Gasteiger partial charge on any atom is -0.295 e. The third kappa shape index (κ3) is 2.56. The molecule has 0 aromatic rings. The van der Waals surface area contributed by atoms with E-state index in [1.54, 1.807) is 0 Å². The molecule has 0 radical (unpaired) electrons. The number of rotatable bonds is 4. The number of carbonyl (C=O) groups is 1. The van der Waals surface area contributed by atoms with Gasteiger partial charge in [0.2, 0.25) is 0 Å². The number of Topliss-reactive ketones (excluding diaryl/α,β-unsaturated/α-hetero) is 1. The van der Waals surface area contributed by atoms with Gasteiger partial charge in [0.25, 0.3) is 0 Å². The van der Waals surface area contributed by atoms with Crippen molar-refractivity contribution in [2.45, 2.75) is 58.7 Å². The van der Waals surface area contributed by atoms with Crippen LogP contribution in [-0.4, -0.2) is 13.9 Å². The van der Waals surface area contributed by atoms with Crippen molar-refractivity contribution in [3.63, 3.8) is 0 Å². The average Bonchev–Trinajstić information content (AvgIpc) is 2.42. The third-order valence-corrected chi connectivity index (χ3v) is 5.00. The number of ketones is 1. The van der Waals surface area contributed by atoms with Gasteiger partial charge in [-0.05, 0) is 24.5 Å². The van der Waals surface area contributed by atoms with Crippen LogP contribution in [0.2, 0.25) is 19.6 Å². The summed E-state index contributed by atoms with van der Waals surface area (Å²) in [6.45, 7) is 9.08. The van der Waals surface area contributed by atoms with E-state index in [2.05, 4.69) is 26.6 Å². The highest BCUT2D eigenvalue weighted by molar-refractivity contribution is 6.87. The lowest BCUT2D eigenvalue weighted by Gasteiger charge is -2.19. The highest BCUT2D eigenvalue weighted by Gasteiger charge is 2.32. The minimum absolute atomic E-state index is 0.454. The summed E-state index contributed by atoms with van der Waals surface area (Å²) in [5.41, 5.74) is 1.50. The van der Waals surface area contributed by atoms with Gasteiger partial charge in [0.15, 0.2) is 5.78 Å². The van der Waals surface area contributed by atoms with Gasteiger partial charge in [0.05, 0.1) is 8.07 Å². The van der Waals surface area contributed by atoms with Crippen molar-refractivity contribution in [2.75, 3.05) is 0 Å². The summed E-state index contributed by atoms with van der Waals surface area (Å²) in [5, 5.41) is 1.27. The van der Waals surface area contributed by atoms with Crippen molar-refractivity contribution < 1.29 is 4.79 Å². The minimum atomic E-state index is -1.37. The van der Waals surface area contributed by atoms with Gasteiger partial charge in [-0.2, -0.15) is 0 Å². The molecule has 0 aromatic carbocycles. The van der Waals surface area contributed by atoms with E-state index in [1.165, 1.54) is 30.0 Å². The topological polar surface area (TPSA) is 17.1 Å². The lowest BCUT2D eigenvalue weighted by Crippen LogP contribution is -2.28. The Labute approximate surface area is 88.6 Å². The van der Waals surface area contributed by atoms with Crippen LogP contribution in [0.4, 0.5) is 0 Å². The zero-order valence-electron chi connectivity index (χ0n) is 9.94. The maximum atomic E-state index is 11.8. The summed E-state index contributed by atoms with van der Waals surface area (Å²) in [4.78, 5) is 11.8. The zero-order chi connectivity index (χ0) is 10.8. The molecule has 0 N–H and O–H groups in total. The number of carbonyl (C=O) groups excluding carboxylic acids is 1. The van der Waals surface area contributed by atoms with Crippen LogP contribution < -0.4 is 0 Å². The SMILES string of the molecule is CCCCC1=C([Si](C)(C)C)C(=O)CC1. The molecule has 14 heavy (non-hydrogen) atoms. The highest BCUT2D eigenvalue weighted by Crippen LogP contribution is 2.32. The van der Waals surface area contributed by atoms with E-state index in [0.29, 0.717) is 5.78 Å². The molecule has 1 rings (SSSR count). The molecule has 1 aliphatic rings. The van der Waals surface area contributed by atoms with Crippen molar-refractivity contribution in [2.24, 2.45) is 0 Å². The van der Waals surface area contributed by atoms with Crippen LogP contribution in [0.15, 0.2) is 10.8 Å². The van der Waals surface area contributed by atoms with E-state index in [1.807, 2.05) is 0 Å². The summed E-state index contributed by atoms with van der Waals surface area (Å²) in [5.74, 6) is 0.454. The summed E-state index contributed by atoms with van der Waals surface area (Å²) < 4.78 is 0. The summed E-state index contributed by atoms with van der Waals surface area (Å²) in [6.07, 6.45) is 5.49. The van der Waals surface area contributed by atoms with E-state index >= 15 is 0 Å². The fourth-order valence-corrected chi connectivity index (χ4v) is 4.57. The molecule has 0 fully saturated rings. The molecule has 0 amide bonds. The van der Waals surface area contributed by atoms with Crippen LogP contribution in [0.5, 0.6) is 0 Å². The summed E-state index contributed by atoms with van der Waals surface area (Å²) in [6, 6.07) is 0. The van der Waals surface area contributed by atoms with Gasteiger partial charge in [0, 0.05) is 6.42 Å². The maximum Gasteiger partial charge on any atom is 0.155 e. The van der Waals surface area contributed by atoms with Crippen LogP contribution in [0.3, 0.4) is 0 Å². The van der Waals surface area contributed by atoms with Gasteiger partial charge in [-0.1, -0.05) is 38.6 Å². The first-order valence-electron chi connectivity index (χ1n) is 5.72. The fraction of sp³-hybridized carbons (Fsp3) is 0.750. The average molecular weight is 210 g/mol. The van der Waals surface area contributed by atoms with E-state index in [4.69, 9.17) is 0 Å². The smallest absolute Gasteiger partial charge is 0.155 e. The fourth-order valence-electron chi connectivity index (χ4n) is 2.30. The van der Waals surface area contributed by atoms with Gasteiger partial charge in [-0.3, -0.25) is 4.79 Å². The Morgan fingerprint density at radius 1 is 1.21 bits per heavy atom. The van der Waals surface area contributed by atoms with Gasteiger partial charge in [-0.15, -0.1) is 0 Å². The first-order chi connectivity index (χ1) is 6.46. The van der Waals surface area contributed by atoms with Crippen LogP contribution in [0.25, 0.3) is 0 Å². The van der Waals surface area contributed by atoms with Crippen LogP contribution in [0.1, 0.15) is 39.0 Å². The molecule has 1 aliphatic carbocycles. The second kappa shape index (κ2) is 4.43. The lowest BCUT2D eigenvalue weighted by atomic mass is 10.1. The quantitative estimate of drug-likeness (QED) is 0.646. The summed E-state index contributed by atoms with van der Waals surface area (Å²) >= 11 is 0. The van der Waals surface area contributed by atoms with Gasteiger partial charge < -0.3 is 0 Å². The predicted molar refractivity (Wildman–Crippen MR) is 64.1 cm³/mol. The van der Waals surface area contributed by atoms with Gasteiger partial charge in [0.1, 0.15) is 0 Å². The Morgan fingerprint density at radius 3 is 2.36 bits per heavy atom. The first kappa shape index (κ1) is 11.7. The summed E-state index contributed by atoms with van der Waals surface area (Å²) in [7, 11) is -1.37. The van der Waals surface area contributed by atoms with E-state index in [9.17, 15) is 4.79 Å². The maximum absolute atomic E-state index is 11.8. The Hall–Kier alpha value is -0.373. The monoisotopic (exact) mass is 210 g/mol. The molecule has 80 valence electrons. The third-order valence-electron chi connectivity index (χ3n) is 2.87. The number of hydrogen-bond donors (Lipinski definition) is 0. The van der Waals surface area contributed by atoms with Crippen LogP contribution >= 0.6 is 0 Å². The van der Waals surface area contributed by atoms with Crippen LogP contribution in [0, 0.1) is 0 Å². The number of unbranched alkanes of at least 4 members (excludes halogenated alkanes) is 1. The molecule has 1 nitrogen and oxygen atoms in total. The molecule has 0 spiro atoms. The molecule has 0 atom stereocenters. The van der Waals surface area contributed by atoms with E-state index in [0.717, 1.165) is 12.8 Å². The number of hydrogen-bond acceptors (Lipinski definition) is 1. The molecule has 0 bridgehead atoms. The molecule has 2 heteroatoms. The molecular weight excluding hydrogens is 188 g/mol. The Morgan fingerprint density at radius 2 is 1.86 bits per heavy atom. The molecule has 0 saturated heterocycles. The zero-order valence-corrected chi connectivity index (χ0v) is 10.9. The molecule has 0 unspecified atom stereocenters. The lowest BCUT2D eigenvalue weighted by molar-refractivity contribution is -0.114. The molecule has 0 aromatic heterocycles. The first-order valence-corrected chi connectivity index (χ1v) is 9.22. The van der Waals surface area contributed by atoms with Crippen LogP contribution in [-0.2, 0) is 4.79 Å². The molecular formula is C12H22OSi. The molecule has 0 saturated carbocycles. The number of allylic oxidation sites excluding steroid dienone is 2. The van der Waals surface area contributed by atoms with Gasteiger partial charge >= 0.3 is 0 Å². The van der Waals surface area contributed by atoms with E-state index in [-0.39, 0.29) is 0 Å². The van der Waals surface area contributed by atoms with Crippen molar-refractivity contribution in [1.82, 2.24) is 0 Å². The van der Waals surface area contributed by atoms with Crippen molar-refractivity contribution >= 4 is 13.9 Å². The van der Waals surface area contributed by atoms with Crippen molar-refractivity contribution in [1.29, 1.82) is 0 Å². The largest absolute Gasteiger partial charge is 0.295 e.